The van der Waals surface area contributed by atoms with Crippen molar-refractivity contribution in [1.82, 2.24) is 16.0 Å². The summed E-state index contributed by atoms with van der Waals surface area (Å²) in [5.74, 6) is 0. The molecule has 0 radical (unpaired) electrons. The van der Waals surface area contributed by atoms with Crippen LogP contribution in [-0.4, -0.2) is 39.3 Å². The van der Waals surface area contributed by atoms with Gasteiger partial charge in [-0.15, -0.1) is 0 Å². The van der Waals surface area contributed by atoms with Crippen LogP contribution in [0.25, 0.3) is 0 Å². The molecule has 3 N–H and O–H groups in total. The van der Waals surface area contributed by atoms with Gasteiger partial charge in [-0.1, -0.05) is 0 Å². The normalized spacial score (nSPS) is 24.0. The van der Waals surface area contributed by atoms with Gasteiger partial charge in [0.1, 0.15) is 0 Å². The number of rotatable bonds is 0. The van der Waals surface area contributed by atoms with Crippen molar-refractivity contribution in [2.24, 2.45) is 0 Å². The summed E-state index contributed by atoms with van der Waals surface area (Å²) in [6, 6.07) is 0. The lowest BCUT2D eigenvalue weighted by Gasteiger charge is -2.09. The second-order valence-electron chi connectivity index (χ2n) is 3.31. The lowest BCUT2D eigenvalue weighted by Crippen LogP contribution is -2.31. The number of hydrogen-bond acceptors (Lipinski definition) is 3. The summed E-state index contributed by atoms with van der Waals surface area (Å²) >= 11 is 0. The maximum absolute atomic E-state index is 3.44. The summed E-state index contributed by atoms with van der Waals surface area (Å²) in [4.78, 5) is 0. The van der Waals surface area contributed by atoms with E-state index >= 15 is 0 Å². The van der Waals surface area contributed by atoms with Crippen LogP contribution in [0.2, 0.25) is 0 Å². The minimum Gasteiger partial charge on any atom is -0.317 e. The molecule has 0 aromatic heterocycles. The van der Waals surface area contributed by atoms with E-state index in [2.05, 4.69) is 16.0 Å². The zero-order valence-electron chi connectivity index (χ0n) is 7.86. The first kappa shape index (κ1) is 9.96. The van der Waals surface area contributed by atoms with E-state index in [4.69, 9.17) is 0 Å². The van der Waals surface area contributed by atoms with Gasteiger partial charge in [0.15, 0.2) is 0 Å². The second kappa shape index (κ2) is 7.53. The van der Waals surface area contributed by atoms with E-state index in [1.54, 1.807) is 0 Å². The van der Waals surface area contributed by atoms with Gasteiger partial charge in [0, 0.05) is 13.1 Å². The fourth-order valence-electron chi connectivity index (χ4n) is 1.39. The SMILES string of the molecule is C1CCNCCNCCCNC1. The lowest BCUT2D eigenvalue weighted by atomic mass is 10.3. The van der Waals surface area contributed by atoms with Crippen LogP contribution in [0, 0.1) is 0 Å². The fraction of sp³-hybridized carbons (Fsp3) is 1.00. The molecule has 0 amide bonds. The minimum atomic E-state index is 1.11. The van der Waals surface area contributed by atoms with Crippen LogP contribution < -0.4 is 16.0 Å². The molecule has 0 bridgehead atoms. The molecular formula is C9H21N3. The molecule has 0 aliphatic carbocycles. The Morgan fingerprint density at radius 2 is 0.833 bits per heavy atom. The van der Waals surface area contributed by atoms with Crippen molar-refractivity contribution in [3.63, 3.8) is 0 Å². The van der Waals surface area contributed by atoms with Gasteiger partial charge in [-0.2, -0.15) is 0 Å². The summed E-state index contributed by atoms with van der Waals surface area (Å²) in [5.41, 5.74) is 0. The maximum Gasteiger partial charge on any atom is 0.00767 e. The van der Waals surface area contributed by atoms with Crippen molar-refractivity contribution in [2.45, 2.75) is 19.3 Å². The van der Waals surface area contributed by atoms with Crippen LogP contribution in [0.1, 0.15) is 19.3 Å². The molecule has 1 rings (SSSR count). The first-order chi connectivity index (χ1) is 6.00. The summed E-state index contributed by atoms with van der Waals surface area (Å²) in [7, 11) is 0. The third-order valence-electron chi connectivity index (χ3n) is 2.14. The molecule has 0 spiro atoms. The van der Waals surface area contributed by atoms with E-state index in [1.165, 1.54) is 38.9 Å². The molecule has 72 valence electrons. The van der Waals surface area contributed by atoms with Crippen molar-refractivity contribution in [3.05, 3.63) is 0 Å². The highest BCUT2D eigenvalue weighted by Crippen LogP contribution is 1.85. The van der Waals surface area contributed by atoms with Gasteiger partial charge < -0.3 is 16.0 Å². The summed E-state index contributed by atoms with van der Waals surface area (Å²) in [5, 5.41) is 10.2. The van der Waals surface area contributed by atoms with Crippen molar-refractivity contribution in [3.8, 4) is 0 Å². The Hall–Kier alpha value is -0.120. The molecule has 1 aliphatic heterocycles. The molecule has 1 heterocycles. The van der Waals surface area contributed by atoms with Gasteiger partial charge in [-0.05, 0) is 45.4 Å². The van der Waals surface area contributed by atoms with Crippen molar-refractivity contribution < 1.29 is 0 Å². The molecule has 0 aromatic rings. The van der Waals surface area contributed by atoms with E-state index in [0.717, 1.165) is 19.6 Å². The van der Waals surface area contributed by atoms with Crippen molar-refractivity contribution in [2.75, 3.05) is 39.3 Å². The Kier molecular flexibility index (Phi) is 6.25. The van der Waals surface area contributed by atoms with Gasteiger partial charge in [0.2, 0.25) is 0 Å². The zero-order valence-corrected chi connectivity index (χ0v) is 7.86. The summed E-state index contributed by atoms with van der Waals surface area (Å²) < 4.78 is 0. The standard InChI is InChI=1S/C9H21N3/c1-2-5-11-8-9-12-7-3-6-10-4-1/h10-12H,1-9H2. The maximum atomic E-state index is 3.44. The molecular weight excluding hydrogens is 150 g/mol. The Morgan fingerprint density at radius 1 is 0.417 bits per heavy atom. The molecule has 1 fully saturated rings. The van der Waals surface area contributed by atoms with Crippen LogP contribution >= 0.6 is 0 Å². The predicted octanol–water partition coefficient (Wildman–Crippen LogP) is -0.0609. The first-order valence-corrected chi connectivity index (χ1v) is 5.12. The van der Waals surface area contributed by atoms with Gasteiger partial charge >= 0.3 is 0 Å². The van der Waals surface area contributed by atoms with E-state index in [-0.39, 0.29) is 0 Å². The van der Waals surface area contributed by atoms with E-state index in [9.17, 15) is 0 Å². The second-order valence-corrected chi connectivity index (χ2v) is 3.31. The van der Waals surface area contributed by atoms with Gasteiger partial charge in [0.05, 0.1) is 0 Å². The minimum absolute atomic E-state index is 1.11. The largest absolute Gasteiger partial charge is 0.317 e. The molecule has 0 saturated carbocycles. The molecule has 0 unspecified atom stereocenters. The number of nitrogens with one attached hydrogen (secondary N) is 3. The van der Waals surface area contributed by atoms with Gasteiger partial charge in [-0.25, -0.2) is 0 Å². The lowest BCUT2D eigenvalue weighted by molar-refractivity contribution is 0.527. The predicted molar refractivity (Wildman–Crippen MR) is 52.5 cm³/mol. The average Bonchev–Trinajstić information content (AvgIpc) is 2.05. The third kappa shape index (κ3) is 5.52. The molecule has 1 aliphatic rings. The Morgan fingerprint density at radius 3 is 1.42 bits per heavy atom. The molecule has 3 heteroatoms. The molecule has 3 nitrogen and oxygen atoms in total. The number of hydrogen-bond donors (Lipinski definition) is 3. The van der Waals surface area contributed by atoms with E-state index in [1.807, 2.05) is 0 Å². The summed E-state index contributed by atoms with van der Waals surface area (Å²) in [6.45, 7) is 6.90. The first-order valence-electron chi connectivity index (χ1n) is 5.12. The zero-order chi connectivity index (χ0) is 8.49. The van der Waals surface area contributed by atoms with Gasteiger partial charge in [-0.3, -0.25) is 0 Å². The molecule has 12 heavy (non-hydrogen) atoms. The van der Waals surface area contributed by atoms with Crippen LogP contribution in [0.5, 0.6) is 0 Å². The third-order valence-corrected chi connectivity index (χ3v) is 2.14. The Labute approximate surface area is 75.3 Å². The average molecular weight is 171 g/mol. The highest BCUT2D eigenvalue weighted by Gasteiger charge is 1.93. The fourth-order valence-corrected chi connectivity index (χ4v) is 1.39. The smallest absolute Gasteiger partial charge is 0.00767 e. The highest BCUT2D eigenvalue weighted by molar-refractivity contribution is 4.57. The van der Waals surface area contributed by atoms with Gasteiger partial charge in [0.25, 0.3) is 0 Å². The van der Waals surface area contributed by atoms with E-state index < -0.39 is 0 Å². The highest BCUT2D eigenvalue weighted by atomic mass is 14.9. The molecule has 0 aromatic carbocycles. The quantitative estimate of drug-likeness (QED) is 0.478. The van der Waals surface area contributed by atoms with Crippen LogP contribution in [0.3, 0.4) is 0 Å². The Balaban J connectivity index is 2.00. The van der Waals surface area contributed by atoms with Crippen molar-refractivity contribution >= 4 is 0 Å². The van der Waals surface area contributed by atoms with Crippen LogP contribution in [0.15, 0.2) is 0 Å². The molecule has 0 atom stereocenters. The molecule has 1 saturated heterocycles. The van der Waals surface area contributed by atoms with Crippen LogP contribution in [-0.2, 0) is 0 Å². The monoisotopic (exact) mass is 171 g/mol. The van der Waals surface area contributed by atoms with Crippen LogP contribution in [0.4, 0.5) is 0 Å². The van der Waals surface area contributed by atoms with Crippen molar-refractivity contribution in [1.29, 1.82) is 0 Å². The Bertz CT molecular complexity index is 52.8. The topological polar surface area (TPSA) is 36.1 Å². The summed E-state index contributed by atoms with van der Waals surface area (Å²) in [6.07, 6.45) is 3.85. The van der Waals surface area contributed by atoms with E-state index in [0.29, 0.717) is 0 Å².